The molecular formula is C15H27NO2. The van der Waals surface area contributed by atoms with Gasteiger partial charge in [0.2, 0.25) is 0 Å². The van der Waals surface area contributed by atoms with Crippen molar-refractivity contribution >= 4 is 5.78 Å². The van der Waals surface area contributed by atoms with E-state index in [9.17, 15) is 4.79 Å². The van der Waals surface area contributed by atoms with Crippen molar-refractivity contribution in [3.8, 4) is 0 Å². The normalized spacial score (nSPS) is 17.9. The van der Waals surface area contributed by atoms with Crippen LogP contribution in [0.25, 0.3) is 0 Å². The van der Waals surface area contributed by atoms with Gasteiger partial charge in [-0.15, -0.1) is 0 Å². The summed E-state index contributed by atoms with van der Waals surface area (Å²) in [5.41, 5.74) is 6.74. The summed E-state index contributed by atoms with van der Waals surface area (Å²) in [6.07, 6.45) is 6.03. The van der Waals surface area contributed by atoms with Crippen molar-refractivity contribution < 1.29 is 9.53 Å². The van der Waals surface area contributed by atoms with E-state index < -0.39 is 0 Å². The monoisotopic (exact) mass is 253 g/mol. The molecule has 1 rings (SSSR count). The van der Waals surface area contributed by atoms with E-state index in [2.05, 4.69) is 20.8 Å². The van der Waals surface area contributed by atoms with Crippen LogP contribution in [0.5, 0.6) is 0 Å². The molecule has 0 spiro atoms. The molecule has 0 bridgehead atoms. The van der Waals surface area contributed by atoms with E-state index >= 15 is 0 Å². The number of nitrogens with two attached hydrogens (primary N) is 1. The Kier molecular flexibility index (Phi) is 5.86. The van der Waals surface area contributed by atoms with Crippen LogP contribution >= 0.6 is 0 Å². The number of ketones is 1. The van der Waals surface area contributed by atoms with Crippen LogP contribution in [0.2, 0.25) is 0 Å². The lowest BCUT2D eigenvalue weighted by Gasteiger charge is -2.30. The van der Waals surface area contributed by atoms with E-state index in [-0.39, 0.29) is 11.2 Å². The Labute approximate surface area is 111 Å². The first-order valence-electron chi connectivity index (χ1n) is 6.99. The van der Waals surface area contributed by atoms with Crippen molar-refractivity contribution in [1.82, 2.24) is 0 Å². The fraction of sp³-hybridized carbons (Fsp3) is 0.800. The Bertz CT molecular complexity index is 302. The number of carbonyl (C=O) groups is 1. The molecule has 0 aromatic heterocycles. The molecular weight excluding hydrogens is 226 g/mol. The third kappa shape index (κ3) is 4.81. The highest BCUT2D eigenvalue weighted by molar-refractivity contribution is 5.95. The van der Waals surface area contributed by atoms with Gasteiger partial charge in [0.1, 0.15) is 0 Å². The molecule has 0 aromatic carbocycles. The molecule has 0 saturated heterocycles. The van der Waals surface area contributed by atoms with Gasteiger partial charge in [-0.3, -0.25) is 4.79 Å². The molecule has 0 aliphatic carbocycles. The van der Waals surface area contributed by atoms with Gasteiger partial charge in [0.25, 0.3) is 0 Å². The molecule has 3 nitrogen and oxygen atoms in total. The maximum absolute atomic E-state index is 12.1. The smallest absolute Gasteiger partial charge is 0.161 e. The topological polar surface area (TPSA) is 52.3 Å². The van der Waals surface area contributed by atoms with Gasteiger partial charge in [-0.2, -0.15) is 0 Å². The molecule has 3 heteroatoms. The van der Waals surface area contributed by atoms with Crippen LogP contribution in [0.1, 0.15) is 52.9 Å². The standard InChI is InChI=1S/C15H27NO2/c1-15(2,3)13(8-9-16)6-7-14(17)12-5-4-10-18-11-12/h11,13H,4-10,16H2,1-3H3. The first-order valence-corrected chi connectivity index (χ1v) is 6.99. The molecule has 0 saturated carbocycles. The van der Waals surface area contributed by atoms with Crippen molar-refractivity contribution in [3.05, 3.63) is 11.8 Å². The lowest BCUT2D eigenvalue weighted by Crippen LogP contribution is -2.24. The lowest BCUT2D eigenvalue weighted by atomic mass is 9.75. The number of ether oxygens (including phenoxy) is 1. The maximum Gasteiger partial charge on any atom is 0.161 e. The molecule has 0 amide bonds. The van der Waals surface area contributed by atoms with Crippen molar-refractivity contribution in [2.45, 2.75) is 52.9 Å². The van der Waals surface area contributed by atoms with Gasteiger partial charge >= 0.3 is 0 Å². The second-order valence-corrected chi connectivity index (χ2v) is 6.22. The van der Waals surface area contributed by atoms with E-state index in [0.717, 1.165) is 37.9 Å². The Hall–Kier alpha value is -0.830. The van der Waals surface area contributed by atoms with Crippen molar-refractivity contribution in [1.29, 1.82) is 0 Å². The highest BCUT2D eigenvalue weighted by Gasteiger charge is 2.25. The molecule has 2 N–H and O–H groups in total. The number of rotatable bonds is 6. The second-order valence-electron chi connectivity index (χ2n) is 6.22. The van der Waals surface area contributed by atoms with E-state index in [0.29, 0.717) is 18.9 Å². The molecule has 1 aliphatic rings. The molecule has 104 valence electrons. The maximum atomic E-state index is 12.1. The summed E-state index contributed by atoms with van der Waals surface area (Å²) in [6, 6.07) is 0. The lowest BCUT2D eigenvalue weighted by molar-refractivity contribution is -0.116. The summed E-state index contributed by atoms with van der Waals surface area (Å²) in [5, 5.41) is 0. The zero-order chi connectivity index (χ0) is 13.6. The molecule has 0 radical (unpaired) electrons. The Balaban J connectivity index is 2.46. The second kappa shape index (κ2) is 6.93. The summed E-state index contributed by atoms with van der Waals surface area (Å²) in [6.45, 7) is 8.11. The van der Waals surface area contributed by atoms with Crippen LogP contribution in [-0.2, 0) is 9.53 Å². The van der Waals surface area contributed by atoms with Crippen molar-refractivity contribution in [2.75, 3.05) is 13.2 Å². The summed E-state index contributed by atoms with van der Waals surface area (Å²) in [5.74, 6) is 0.762. The minimum atomic E-state index is 0.219. The van der Waals surface area contributed by atoms with Gasteiger partial charge in [0.15, 0.2) is 5.78 Å². The Morgan fingerprint density at radius 3 is 2.67 bits per heavy atom. The van der Waals surface area contributed by atoms with E-state index in [4.69, 9.17) is 10.5 Å². The predicted molar refractivity (Wildman–Crippen MR) is 74.1 cm³/mol. The average Bonchev–Trinajstić information content (AvgIpc) is 2.33. The minimum absolute atomic E-state index is 0.219. The number of hydrogen-bond donors (Lipinski definition) is 1. The van der Waals surface area contributed by atoms with Crippen LogP contribution in [-0.4, -0.2) is 18.9 Å². The third-order valence-corrected chi connectivity index (χ3v) is 3.75. The fourth-order valence-corrected chi connectivity index (χ4v) is 2.45. The number of Topliss-reactive ketones (excluding diaryl/α,β-unsaturated/α-hetero) is 1. The van der Waals surface area contributed by atoms with Crippen molar-refractivity contribution in [3.63, 3.8) is 0 Å². The van der Waals surface area contributed by atoms with E-state index in [1.54, 1.807) is 6.26 Å². The van der Waals surface area contributed by atoms with Gasteiger partial charge in [0, 0.05) is 12.0 Å². The van der Waals surface area contributed by atoms with E-state index in [1.165, 1.54) is 0 Å². The summed E-state index contributed by atoms with van der Waals surface area (Å²) < 4.78 is 5.22. The molecule has 0 fully saturated rings. The molecule has 1 aliphatic heterocycles. The van der Waals surface area contributed by atoms with Crippen LogP contribution in [0.4, 0.5) is 0 Å². The van der Waals surface area contributed by atoms with Crippen LogP contribution in [0.3, 0.4) is 0 Å². The summed E-state index contributed by atoms with van der Waals surface area (Å²) in [7, 11) is 0. The average molecular weight is 253 g/mol. The van der Waals surface area contributed by atoms with Crippen LogP contribution in [0, 0.1) is 11.3 Å². The molecule has 1 atom stereocenters. The van der Waals surface area contributed by atoms with E-state index in [1.807, 2.05) is 0 Å². The first kappa shape index (κ1) is 15.2. The van der Waals surface area contributed by atoms with Crippen LogP contribution in [0.15, 0.2) is 11.8 Å². The summed E-state index contributed by atoms with van der Waals surface area (Å²) >= 11 is 0. The first-order chi connectivity index (χ1) is 8.45. The van der Waals surface area contributed by atoms with Crippen LogP contribution < -0.4 is 5.73 Å². The largest absolute Gasteiger partial charge is 0.501 e. The number of hydrogen-bond acceptors (Lipinski definition) is 3. The number of carbonyl (C=O) groups excluding carboxylic acids is 1. The highest BCUT2D eigenvalue weighted by atomic mass is 16.5. The van der Waals surface area contributed by atoms with Gasteiger partial charge in [-0.25, -0.2) is 0 Å². The molecule has 1 unspecified atom stereocenters. The highest BCUT2D eigenvalue weighted by Crippen LogP contribution is 2.32. The van der Waals surface area contributed by atoms with Gasteiger partial charge in [-0.05, 0) is 43.6 Å². The zero-order valence-corrected chi connectivity index (χ0v) is 12.0. The Morgan fingerprint density at radius 1 is 1.44 bits per heavy atom. The fourth-order valence-electron chi connectivity index (χ4n) is 2.45. The predicted octanol–water partition coefficient (Wildman–Crippen LogP) is 3.04. The SMILES string of the molecule is CC(C)(C)C(CCN)CCC(=O)C1=COCCC1. The number of allylic oxidation sites excluding steroid dienone is 1. The molecule has 1 heterocycles. The molecule has 0 aromatic rings. The minimum Gasteiger partial charge on any atom is -0.501 e. The zero-order valence-electron chi connectivity index (χ0n) is 12.0. The van der Waals surface area contributed by atoms with Gasteiger partial charge < -0.3 is 10.5 Å². The third-order valence-electron chi connectivity index (χ3n) is 3.75. The van der Waals surface area contributed by atoms with Gasteiger partial charge in [-0.1, -0.05) is 20.8 Å². The summed E-state index contributed by atoms with van der Waals surface area (Å²) in [4.78, 5) is 12.1. The molecule has 18 heavy (non-hydrogen) atoms. The quantitative estimate of drug-likeness (QED) is 0.791. The Morgan fingerprint density at radius 2 is 2.17 bits per heavy atom. The van der Waals surface area contributed by atoms with Gasteiger partial charge in [0.05, 0.1) is 12.9 Å². The van der Waals surface area contributed by atoms with Crippen molar-refractivity contribution in [2.24, 2.45) is 17.1 Å².